The fourth-order valence-corrected chi connectivity index (χ4v) is 3.73. The van der Waals surface area contributed by atoms with Crippen molar-refractivity contribution in [2.24, 2.45) is 0 Å². The minimum absolute atomic E-state index is 0.0104. The number of para-hydroxylation sites is 1. The van der Waals surface area contributed by atoms with Gasteiger partial charge >= 0.3 is 5.97 Å². The SMILES string of the molecule is CCC(NS(=O)(=O)c1ccc2oc3ccccc3c2c1)C(=O)O. The van der Waals surface area contributed by atoms with Gasteiger partial charge in [0.2, 0.25) is 10.0 Å². The lowest BCUT2D eigenvalue weighted by Crippen LogP contribution is -2.40. The maximum Gasteiger partial charge on any atom is 0.321 e. The molecule has 0 spiro atoms. The van der Waals surface area contributed by atoms with Gasteiger partial charge in [0.05, 0.1) is 4.90 Å². The van der Waals surface area contributed by atoms with Crippen molar-refractivity contribution in [2.75, 3.05) is 0 Å². The summed E-state index contributed by atoms with van der Waals surface area (Å²) < 4.78 is 32.7. The lowest BCUT2D eigenvalue weighted by atomic mass is 10.1. The Hall–Kier alpha value is -2.38. The van der Waals surface area contributed by atoms with E-state index in [9.17, 15) is 13.2 Å². The molecule has 0 fully saturated rings. The maximum absolute atomic E-state index is 12.4. The average molecular weight is 333 g/mol. The van der Waals surface area contributed by atoms with Gasteiger partial charge in [0, 0.05) is 10.8 Å². The van der Waals surface area contributed by atoms with Crippen LogP contribution in [0.3, 0.4) is 0 Å². The van der Waals surface area contributed by atoms with Gasteiger partial charge in [-0.05, 0) is 30.7 Å². The highest BCUT2D eigenvalue weighted by Gasteiger charge is 2.24. The Morgan fingerprint density at radius 2 is 1.87 bits per heavy atom. The number of rotatable bonds is 5. The molecule has 0 saturated heterocycles. The van der Waals surface area contributed by atoms with Gasteiger partial charge in [0.15, 0.2) is 0 Å². The third-order valence-corrected chi connectivity index (χ3v) is 5.13. The van der Waals surface area contributed by atoms with Crippen LogP contribution in [-0.4, -0.2) is 25.5 Å². The normalized spacial score (nSPS) is 13.4. The standard InChI is InChI=1S/C16H15NO5S/c1-2-13(16(18)19)17-23(20,21)10-7-8-15-12(9-10)11-5-3-4-6-14(11)22-15/h3-9,13,17H,2H2,1H3,(H,18,19). The van der Waals surface area contributed by atoms with E-state index in [2.05, 4.69) is 4.72 Å². The van der Waals surface area contributed by atoms with Crippen LogP contribution < -0.4 is 4.72 Å². The van der Waals surface area contributed by atoms with Crippen molar-refractivity contribution >= 4 is 37.9 Å². The molecule has 0 aliphatic rings. The summed E-state index contributed by atoms with van der Waals surface area (Å²) >= 11 is 0. The molecule has 120 valence electrons. The topological polar surface area (TPSA) is 96.6 Å². The van der Waals surface area contributed by atoms with E-state index in [0.29, 0.717) is 16.6 Å². The van der Waals surface area contributed by atoms with Crippen molar-refractivity contribution in [3.8, 4) is 0 Å². The molecule has 1 aromatic heterocycles. The molecule has 7 heteroatoms. The molecule has 0 radical (unpaired) electrons. The lowest BCUT2D eigenvalue weighted by Gasteiger charge is -2.12. The quantitative estimate of drug-likeness (QED) is 0.748. The summed E-state index contributed by atoms with van der Waals surface area (Å²) in [5, 5.41) is 10.5. The molecule has 0 aliphatic heterocycles. The highest BCUT2D eigenvalue weighted by molar-refractivity contribution is 7.89. The number of carboxylic acids is 1. The van der Waals surface area contributed by atoms with E-state index in [1.54, 1.807) is 19.1 Å². The number of hydrogen-bond donors (Lipinski definition) is 2. The van der Waals surface area contributed by atoms with Crippen molar-refractivity contribution in [1.82, 2.24) is 4.72 Å². The number of hydrogen-bond acceptors (Lipinski definition) is 4. The Labute approximate surface area is 132 Å². The number of carbonyl (C=O) groups is 1. The molecule has 1 atom stereocenters. The van der Waals surface area contributed by atoms with Crippen molar-refractivity contribution in [3.63, 3.8) is 0 Å². The molecule has 1 unspecified atom stereocenters. The number of sulfonamides is 1. The predicted octanol–water partition coefficient (Wildman–Crippen LogP) is 2.73. The van der Waals surface area contributed by atoms with E-state index in [1.807, 2.05) is 18.2 Å². The summed E-state index contributed by atoms with van der Waals surface area (Å²) in [7, 11) is -3.93. The Kier molecular flexibility index (Phi) is 3.83. The summed E-state index contributed by atoms with van der Waals surface area (Å²) in [6, 6.07) is 10.6. The summed E-state index contributed by atoms with van der Waals surface area (Å²) in [5.74, 6) is -1.20. The zero-order chi connectivity index (χ0) is 16.6. The number of nitrogens with one attached hydrogen (secondary N) is 1. The minimum Gasteiger partial charge on any atom is -0.480 e. The number of carboxylic acid groups (broad SMARTS) is 1. The van der Waals surface area contributed by atoms with Crippen LogP contribution in [0.15, 0.2) is 51.8 Å². The molecule has 1 heterocycles. The van der Waals surface area contributed by atoms with Crippen molar-refractivity contribution in [1.29, 1.82) is 0 Å². The first-order valence-corrected chi connectivity index (χ1v) is 8.57. The van der Waals surface area contributed by atoms with E-state index in [0.717, 1.165) is 5.39 Å². The van der Waals surface area contributed by atoms with Gasteiger partial charge in [-0.1, -0.05) is 25.1 Å². The van der Waals surface area contributed by atoms with Gasteiger partial charge in [-0.3, -0.25) is 4.79 Å². The Morgan fingerprint density at radius 1 is 1.17 bits per heavy atom. The maximum atomic E-state index is 12.4. The first-order valence-electron chi connectivity index (χ1n) is 7.09. The van der Waals surface area contributed by atoms with E-state index >= 15 is 0 Å². The van der Waals surface area contributed by atoms with Gasteiger partial charge < -0.3 is 9.52 Å². The molecule has 3 rings (SSSR count). The lowest BCUT2D eigenvalue weighted by molar-refractivity contribution is -0.139. The zero-order valence-electron chi connectivity index (χ0n) is 12.3. The number of benzene rings is 2. The fraction of sp³-hybridized carbons (Fsp3) is 0.188. The second-order valence-corrected chi connectivity index (χ2v) is 6.89. The molecular weight excluding hydrogens is 318 g/mol. The van der Waals surface area contributed by atoms with Crippen molar-refractivity contribution in [2.45, 2.75) is 24.3 Å². The van der Waals surface area contributed by atoms with Crippen LogP contribution in [0.4, 0.5) is 0 Å². The van der Waals surface area contributed by atoms with E-state index in [-0.39, 0.29) is 11.3 Å². The third kappa shape index (κ3) is 2.80. The fourth-order valence-electron chi connectivity index (χ4n) is 2.44. The average Bonchev–Trinajstić information content (AvgIpc) is 2.90. The predicted molar refractivity (Wildman–Crippen MR) is 85.8 cm³/mol. The van der Waals surface area contributed by atoms with Gasteiger partial charge in [-0.15, -0.1) is 0 Å². The van der Waals surface area contributed by atoms with Crippen LogP contribution in [0, 0.1) is 0 Å². The largest absolute Gasteiger partial charge is 0.480 e. The second kappa shape index (κ2) is 5.68. The smallest absolute Gasteiger partial charge is 0.321 e. The van der Waals surface area contributed by atoms with Crippen molar-refractivity contribution < 1.29 is 22.7 Å². The van der Waals surface area contributed by atoms with Gasteiger partial charge in [0.1, 0.15) is 17.2 Å². The molecular formula is C16H15NO5S. The molecule has 23 heavy (non-hydrogen) atoms. The first-order chi connectivity index (χ1) is 10.9. The van der Waals surface area contributed by atoms with Crippen LogP contribution in [0.5, 0.6) is 0 Å². The van der Waals surface area contributed by atoms with Crippen LogP contribution >= 0.6 is 0 Å². The van der Waals surface area contributed by atoms with E-state index in [4.69, 9.17) is 9.52 Å². The highest BCUT2D eigenvalue weighted by atomic mass is 32.2. The number of furan rings is 1. The Bertz CT molecular complexity index is 990. The van der Waals surface area contributed by atoms with Crippen LogP contribution in [0.25, 0.3) is 21.9 Å². The summed E-state index contributed by atoms with van der Waals surface area (Å²) in [6.45, 7) is 1.61. The molecule has 0 aliphatic carbocycles. The van der Waals surface area contributed by atoms with Gasteiger partial charge in [-0.25, -0.2) is 8.42 Å². The second-order valence-electron chi connectivity index (χ2n) is 5.18. The summed E-state index contributed by atoms with van der Waals surface area (Å²) in [5.41, 5.74) is 1.25. The minimum atomic E-state index is -3.93. The third-order valence-electron chi connectivity index (χ3n) is 3.66. The molecule has 0 bridgehead atoms. The van der Waals surface area contributed by atoms with Crippen molar-refractivity contribution in [3.05, 3.63) is 42.5 Å². The van der Waals surface area contributed by atoms with Gasteiger partial charge in [0.25, 0.3) is 0 Å². The Balaban J connectivity index is 2.08. The monoisotopic (exact) mass is 333 g/mol. The summed E-state index contributed by atoms with van der Waals surface area (Å²) in [6.07, 6.45) is 0.158. The molecule has 0 saturated carbocycles. The van der Waals surface area contributed by atoms with E-state index < -0.39 is 22.0 Å². The first kappa shape index (κ1) is 15.5. The zero-order valence-corrected chi connectivity index (χ0v) is 13.1. The molecule has 3 aromatic rings. The molecule has 6 nitrogen and oxygen atoms in total. The molecule has 2 N–H and O–H groups in total. The molecule has 0 amide bonds. The van der Waals surface area contributed by atoms with Crippen LogP contribution in [-0.2, 0) is 14.8 Å². The van der Waals surface area contributed by atoms with Crippen LogP contribution in [0.1, 0.15) is 13.3 Å². The summed E-state index contributed by atoms with van der Waals surface area (Å²) in [4.78, 5) is 11.1. The van der Waals surface area contributed by atoms with Crippen LogP contribution in [0.2, 0.25) is 0 Å². The van der Waals surface area contributed by atoms with E-state index in [1.165, 1.54) is 12.1 Å². The molecule has 2 aromatic carbocycles. The number of fused-ring (bicyclic) bond motifs is 3. The number of aliphatic carboxylic acids is 1. The highest BCUT2D eigenvalue weighted by Crippen LogP contribution is 2.30. The Morgan fingerprint density at radius 3 is 2.57 bits per heavy atom. The van der Waals surface area contributed by atoms with Gasteiger partial charge in [-0.2, -0.15) is 4.72 Å².